The fourth-order valence-corrected chi connectivity index (χ4v) is 1.61. The molecule has 0 amide bonds. The van der Waals surface area contributed by atoms with Gasteiger partial charge in [-0.15, -0.1) is 0 Å². The number of aryl methyl sites for hydroxylation is 1. The van der Waals surface area contributed by atoms with Crippen molar-refractivity contribution < 1.29 is 9.13 Å². The number of ether oxygens (including phenoxy) is 1. The molecule has 0 N–H and O–H groups in total. The summed E-state index contributed by atoms with van der Waals surface area (Å²) < 4.78 is 18.5. The van der Waals surface area contributed by atoms with E-state index in [9.17, 15) is 4.39 Å². The van der Waals surface area contributed by atoms with Crippen LogP contribution in [0, 0.1) is 5.82 Å². The summed E-state index contributed by atoms with van der Waals surface area (Å²) in [7, 11) is 0. The van der Waals surface area contributed by atoms with Crippen LogP contribution in [0.5, 0.6) is 5.75 Å². The molecule has 0 radical (unpaired) electrons. The lowest BCUT2D eigenvalue weighted by atomic mass is 9.94. The lowest BCUT2D eigenvalue weighted by molar-refractivity contribution is 0.0842. The van der Waals surface area contributed by atoms with Gasteiger partial charge in [0.05, 0.1) is 0 Å². The highest BCUT2D eigenvalue weighted by Crippen LogP contribution is 2.33. The smallest absolute Gasteiger partial charge is 0.126 e. The van der Waals surface area contributed by atoms with Crippen molar-refractivity contribution in [3.8, 4) is 5.75 Å². The van der Waals surface area contributed by atoms with E-state index in [1.54, 1.807) is 6.07 Å². The molecule has 0 bridgehead atoms. The Morgan fingerprint density at radius 3 is 2.92 bits per heavy atom. The molecule has 1 nitrogen and oxygen atoms in total. The lowest BCUT2D eigenvalue weighted by Crippen LogP contribution is -2.32. The predicted molar refractivity (Wildman–Crippen MR) is 49.4 cm³/mol. The first-order valence-electron chi connectivity index (χ1n) is 4.54. The highest BCUT2D eigenvalue weighted by Gasteiger charge is 2.26. The third kappa shape index (κ3) is 1.67. The van der Waals surface area contributed by atoms with E-state index in [1.165, 1.54) is 12.1 Å². The summed E-state index contributed by atoms with van der Waals surface area (Å²) in [5.74, 6) is 0.479. The predicted octanol–water partition coefficient (Wildman–Crippen LogP) is 2.93. The van der Waals surface area contributed by atoms with E-state index in [0.29, 0.717) is 5.75 Å². The SMILES string of the molecule is CC1(C)CCc2ccc(F)cc2O1. The summed E-state index contributed by atoms with van der Waals surface area (Å²) in [6, 6.07) is 4.76. The van der Waals surface area contributed by atoms with Crippen molar-refractivity contribution in [1.29, 1.82) is 0 Å². The summed E-state index contributed by atoms with van der Waals surface area (Å²) in [6.45, 7) is 4.06. The third-order valence-electron chi connectivity index (χ3n) is 2.41. The number of halogens is 1. The van der Waals surface area contributed by atoms with E-state index in [1.807, 2.05) is 13.8 Å². The molecule has 0 aromatic heterocycles. The number of rotatable bonds is 0. The molecule has 0 aliphatic carbocycles. The molecule has 0 spiro atoms. The zero-order valence-corrected chi connectivity index (χ0v) is 7.93. The second-order valence-corrected chi connectivity index (χ2v) is 4.11. The zero-order chi connectivity index (χ0) is 9.47. The van der Waals surface area contributed by atoms with Gasteiger partial charge in [-0.2, -0.15) is 0 Å². The quantitative estimate of drug-likeness (QED) is 0.596. The summed E-state index contributed by atoms with van der Waals surface area (Å²) in [6.07, 6.45) is 1.97. The highest BCUT2D eigenvalue weighted by molar-refractivity contribution is 5.36. The first-order valence-corrected chi connectivity index (χ1v) is 4.54. The topological polar surface area (TPSA) is 9.23 Å². The van der Waals surface area contributed by atoms with Crippen LogP contribution in [0.3, 0.4) is 0 Å². The second-order valence-electron chi connectivity index (χ2n) is 4.11. The van der Waals surface area contributed by atoms with Crippen LogP contribution in [-0.4, -0.2) is 5.60 Å². The van der Waals surface area contributed by atoms with Gasteiger partial charge in [-0.3, -0.25) is 0 Å². The fourth-order valence-electron chi connectivity index (χ4n) is 1.61. The van der Waals surface area contributed by atoms with E-state index in [4.69, 9.17) is 4.74 Å². The number of fused-ring (bicyclic) bond motifs is 1. The fraction of sp³-hybridized carbons (Fsp3) is 0.455. The summed E-state index contributed by atoms with van der Waals surface area (Å²) in [5, 5.41) is 0. The Hall–Kier alpha value is -1.05. The number of benzene rings is 1. The van der Waals surface area contributed by atoms with E-state index >= 15 is 0 Å². The van der Waals surface area contributed by atoms with Crippen LogP contribution in [0.2, 0.25) is 0 Å². The van der Waals surface area contributed by atoms with Crippen molar-refractivity contribution in [1.82, 2.24) is 0 Å². The van der Waals surface area contributed by atoms with Gasteiger partial charge in [-0.1, -0.05) is 6.07 Å². The highest BCUT2D eigenvalue weighted by atomic mass is 19.1. The van der Waals surface area contributed by atoms with Crippen LogP contribution < -0.4 is 4.74 Å². The Morgan fingerprint density at radius 1 is 1.38 bits per heavy atom. The van der Waals surface area contributed by atoms with E-state index in [2.05, 4.69) is 0 Å². The minimum absolute atomic E-state index is 0.152. The van der Waals surface area contributed by atoms with Crippen molar-refractivity contribution in [3.63, 3.8) is 0 Å². The molecule has 0 saturated heterocycles. The summed E-state index contributed by atoms with van der Waals surface area (Å²) >= 11 is 0. The van der Waals surface area contributed by atoms with Crippen LogP contribution in [0.25, 0.3) is 0 Å². The molecule has 1 heterocycles. The van der Waals surface area contributed by atoms with Gasteiger partial charge < -0.3 is 4.74 Å². The Bertz CT molecular complexity index is 331. The normalized spacial score (nSPS) is 19.0. The van der Waals surface area contributed by atoms with Crippen molar-refractivity contribution in [2.24, 2.45) is 0 Å². The van der Waals surface area contributed by atoms with Crippen molar-refractivity contribution in [2.45, 2.75) is 32.3 Å². The van der Waals surface area contributed by atoms with Crippen LogP contribution in [-0.2, 0) is 6.42 Å². The molecule has 1 aromatic carbocycles. The standard InChI is InChI=1S/C11H13FO/c1-11(2)6-5-8-3-4-9(12)7-10(8)13-11/h3-4,7H,5-6H2,1-2H3. The molecule has 1 aliphatic heterocycles. The average Bonchev–Trinajstić information content (AvgIpc) is 2.01. The van der Waals surface area contributed by atoms with E-state index < -0.39 is 0 Å². The first kappa shape index (κ1) is 8.54. The van der Waals surface area contributed by atoms with Crippen LogP contribution in [0.1, 0.15) is 25.8 Å². The molecule has 13 heavy (non-hydrogen) atoms. The molecule has 1 aliphatic rings. The van der Waals surface area contributed by atoms with E-state index in [-0.39, 0.29) is 11.4 Å². The van der Waals surface area contributed by atoms with Crippen molar-refractivity contribution in [2.75, 3.05) is 0 Å². The second kappa shape index (κ2) is 2.72. The maximum atomic E-state index is 12.9. The molecular formula is C11H13FO. The minimum Gasteiger partial charge on any atom is -0.487 e. The zero-order valence-electron chi connectivity index (χ0n) is 7.93. The molecule has 0 atom stereocenters. The van der Waals surface area contributed by atoms with Gasteiger partial charge in [-0.25, -0.2) is 4.39 Å². The Balaban J connectivity index is 2.38. The summed E-state index contributed by atoms with van der Waals surface area (Å²) in [4.78, 5) is 0. The minimum atomic E-state index is -0.226. The Labute approximate surface area is 77.5 Å². The molecule has 0 saturated carbocycles. The molecule has 2 rings (SSSR count). The van der Waals surface area contributed by atoms with Gasteiger partial charge in [0.25, 0.3) is 0 Å². The third-order valence-corrected chi connectivity index (χ3v) is 2.41. The number of hydrogen-bond acceptors (Lipinski definition) is 1. The van der Waals surface area contributed by atoms with Crippen LogP contribution in [0.4, 0.5) is 4.39 Å². The van der Waals surface area contributed by atoms with Gasteiger partial charge in [0, 0.05) is 6.07 Å². The van der Waals surface area contributed by atoms with Gasteiger partial charge in [-0.05, 0) is 38.3 Å². The largest absolute Gasteiger partial charge is 0.487 e. The molecule has 0 unspecified atom stereocenters. The van der Waals surface area contributed by atoms with Gasteiger partial charge in [0.15, 0.2) is 0 Å². The maximum absolute atomic E-state index is 12.9. The van der Waals surface area contributed by atoms with E-state index in [0.717, 1.165) is 18.4 Å². The van der Waals surface area contributed by atoms with Crippen LogP contribution in [0.15, 0.2) is 18.2 Å². The molecule has 70 valence electrons. The number of hydrogen-bond donors (Lipinski definition) is 0. The van der Waals surface area contributed by atoms with Gasteiger partial charge in [0.2, 0.25) is 0 Å². The lowest BCUT2D eigenvalue weighted by Gasteiger charge is -2.32. The Morgan fingerprint density at radius 2 is 2.15 bits per heavy atom. The maximum Gasteiger partial charge on any atom is 0.126 e. The Kier molecular flexibility index (Phi) is 1.79. The van der Waals surface area contributed by atoms with Crippen molar-refractivity contribution in [3.05, 3.63) is 29.6 Å². The van der Waals surface area contributed by atoms with Gasteiger partial charge >= 0.3 is 0 Å². The average molecular weight is 180 g/mol. The molecule has 2 heteroatoms. The summed E-state index contributed by atoms with van der Waals surface area (Å²) in [5.41, 5.74) is 0.960. The van der Waals surface area contributed by atoms with Crippen molar-refractivity contribution >= 4 is 0 Å². The first-order chi connectivity index (χ1) is 6.07. The van der Waals surface area contributed by atoms with Crippen LogP contribution >= 0.6 is 0 Å². The molecule has 1 aromatic rings. The molecule has 0 fully saturated rings. The van der Waals surface area contributed by atoms with Gasteiger partial charge in [0.1, 0.15) is 17.2 Å². The molecular weight excluding hydrogens is 167 g/mol. The monoisotopic (exact) mass is 180 g/mol.